The molecule has 0 aliphatic rings. The van der Waals surface area contributed by atoms with Crippen LogP contribution in [0.25, 0.3) is 0 Å². The topological polar surface area (TPSA) is 78.9 Å². The van der Waals surface area contributed by atoms with Crippen LogP contribution in [-0.2, 0) is 28.6 Å². The van der Waals surface area contributed by atoms with Crippen LogP contribution in [0.4, 0.5) is 0 Å². The van der Waals surface area contributed by atoms with E-state index in [2.05, 4.69) is 57.2 Å². The minimum atomic E-state index is -0.815. The summed E-state index contributed by atoms with van der Waals surface area (Å²) in [5.41, 5.74) is 0. The molecule has 0 aromatic carbocycles. The van der Waals surface area contributed by atoms with E-state index in [0.717, 1.165) is 96.3 Å². The predicted octanol–water partition coefficient (Wildman–Crippen LogP) is 16.9. The minimum absolute atomic E-state index is 0.109. The van der Waals surface area contributed by atoms with E-state index in [1.54, 1.807) is 0 Å². The molecule has 0 radical (unpaired) electrons. The average Bonchev–Trinajstić information content (AvgIpc) is 3.30. The highest BCUT2D eigenvalue weighted by Gasteiger charge is 2.19. The molecule has 1 atom stereocenters. The van der Waals surface area contributed by atoms with Crippen LogP contribution < -0.4 is 0 Å². The molecule has 0 fully saturated rings. The molecule has 0 saturated carbocycles. The molecular formula is C59H90O6. The predicted molar refractivity (Wildman–Crippen MR) is 279 cm³/mol. The summed E-state index contributed by atoms with van der Waals surface area (Å²) in [5, 5.41) is 0. The number of hydrogen-bond acceptors (Lipinski definition) is 6. The third kappa shape index (κ3) is 50.2. The van der Waals surface area contributed by atoms with E-state index < -0.39 is 6.10 Å². The first kappa shape index (κ1) is 60.3. The van der Waals surface area contributed by atoms with Crippen molar-refractivity contribution in [3.05, 3.63) is 146 Å². The third-order valence-corrected chi connectivity index (χ3v) is 10.1. The molecule has 1 unspecified atom stereocenters. The Morgan fingerprint density at radius 1 is 0.323 bits per heavy atom. The number of carbonyl (C=O) groups is 3. The van der Waals surface area contributed by atoms with Gasteiger partial charge in [-0.25, -0.2) is 0 Å². The van der Waals surface area contributed by atoms with Gasteiger partial charge in [0.15, 0.2) is 6.10 Å². The van der Waals surface area contributed by atoms with E-state index in [0.29, 0.717) is 12.8 Å². The SMILES string of the molecule is CC\C=C/C=C\C=C/C=C\C=C\C=C/C=C\CCCCCC(=O)OCC(COC(=O)CCCCCCCCCCCC)OC(=O)CCCCCCC\C=C/C=C\C=C/C=C\C=C/CCC. The van der Waals surface area contributed by atoms with Gasteiger partial charge in [0.25, 0.3) is 0 Å². The zero-order valence-corrected chi connectivity index (χ0v) is 41.2. The number of ether oxygens (including phenoxy) is 3. The molecule has 0 aliphatic heterocycles. The maximum absolute atomic E-state index is 12.8. The first-order valence-corrected chi connectivity index (χ1v) is 25.5. The molecule has 0 aliphatic carbocycles. The van der Waals surface area contributed by atoms with Crippen molar-refractivity contribution in [2.45, 2.75) is 194 Å². The summed E-state index contributed by atoms with van der Waals surface area (Å²) in [5.74, 6) is -0.994. The number of allylic oxidation sites excluding steroid dienone is 24. The van der Waals surface area contributed by atoms with E-state index in [1.165, 1.54) is 51.4 Å². The molecule has 362 valence electrons. The quantitative estimate of drug-likeness (QED) is 0.0263. The lowest BCUT2D eigenvalue weighted by atomic mass is 10.1. The lowest BCUT2D eigenvalue weighted by Gasteiger charge is -2.18. The van der Waals surface area contributed by atoms with Gasteiger partial charge in [-0.3, -0.25) is 14.4 Å². The Morgan fingerprint density at radius 3 is 1.02 bits per heavy atom. The van der Waals surface area contributed by atoms with Crippen molar-refractivity contribution in [3.63, 3.8) is 0 Å². The van der Waals surface area contributed by atoms with Gasteiger partial charge >= 0.3 is 17.9 Å². The smallest absolute Gasteiger partial charge is 0.306 e. The van der Waals surface area contributed by atoms with Gasteiger partial charge < -0.3 is 14.2 Å². The zero-order chi connectivity index (χ0) is 47.2. The number of hydrogen-bond donors (Lipinski definition) is 0. The lowest BCUT2D eigenvalue weighted by molar-refractivity contribution is -0.167. The fraction of sp³-hybridized carbons (Fsp3) is 0.542. The number of rotatable bonds is 43. The summed E-state index contributed by atoms with van der Waals surface area (Å²) in [6.45, 7) is 6.30. The Labute approximate surface area is 397 Å². The Bertz CT molecular complexity index is 1490. The summed E-state index contributed by atoms with van der Waals surface area (Å²) in [6.07, 6.45) is 73.9. The van der Waals surface area contributed by atoms with Gasteiger partial charge in [-0.15, -0.1) is 0 Å². The molecule has 0 N–H and O–H groups in total. The van der Waals surface area contributed by atoms with Crippen molar-refractivity contribution in [3.8, 4) is 0 Å². The Hall–Kier alpha value is -4.71. The van der Waals surface area contributed by atoms with Crippen LogP contribution in [0.1, 0.15) is 188 Å². The molecule has 0 saturated heterocycles. The number of carbonyl (C=O) groups excluding carboxylic acids is 3. The molecule has 0 heterocycles. The summed E-state index contributed by atoms with van der Waals surface area (Å²) >= 11 is 0. The molecule has 0 aromatic heterocycles. The van der Waals surface area contributed by atoms with E-state index in [1.807, 2.05) is 109 Å². The monoisotopic (exact) mass is 895 g/mol. The summed E-state index contributed by atoms with van der Waals surface area (Å²) in [7, 11) is 0. The second-order valence-corrected chi connectivity index (χ2v) is 16.3. The average molecular weight is 895 g/mol. The molecule has 0 amide bonds. The molecule has 0 spiro atoms. The Morgan fingerprint density at radius 2 is 0.631 bits per heavy atom. The number of esters is 3. The van der Waals surface area contributed by atoms with Crippen molar-refractivity contribution in [2.75, 3.05) is 13.2 Å². The van der Waals surface area contributed by atoms with Crippen LogP contribution in [0.3, 0.4) is 0 Å². The maximum atomic E-state index is 12.8. The Balaban J connectivity index is 4.56. The van der Waals surface area contributed by atoms with Crippen LogP contribution in [0.5, 0.6) is 0 Å². The van der Waals surface area contributed by atoms with Crippen molar-refractivity contribution in [1.82, 2.24) is 0 Å². The van der Waals surface area contributed by atoms with Gasteiger partial charge in [-0.1, -0.05) is 256 Å². The molecule has 0 bridgehead atoms. The second-order valence-electron chi connectivity index (χ2n) is 16.3. The summed E-state index contributed by atoms with van der Waals surface area (Å²) < 4.78 is 16.7. The molecule has 0 aromatic rings. The fourth-order valence-electron chi connectivity index (χ4n) is 6.34. The van der Waals surface area contributed by atoms with Gasteiger partial charge in [0, 0.05) is 19.3 Å². The highest BCUT2D eigenvalue weighted by atomic mass is 16.6. The van der Waals surface area contributed by atoms with Crippen LogP contribution in [0.15, 0.2) is 146 Å². The van der Waals surface area contributed by atoms with Crippen molar-refractivity contribution >= 4 is 17.9 Å². The first-order chi connectivity index (χ1) is 32.0. The zero-order valence-electron chi connectivity index (χ0n) is 41.2. The normalized spacial score (nSPS) is 13.3. The fourth-order valence-corrected chi connectivity index (χ4v) is 6.34. The largest absolute Gasteiger partial charge is 0.462 e. The van der Waals surface area contributed by atoms with Crippen LogP contribution >= 0.6 is 0 Å². The van der Waals surface area contributed by atoms with Gasteiger partial charge in [-0.05, 0) is 57.8 Å². The van der Waals surface area contributed by atoms with Crippen molar-refractivity contribution < 1.29 is 28.6 Å². The Kier molecular flexibility index (Phi) is 48.2. The maximum Gasteiger partial charge on any atom is 0.306 e. The minimum Gasteiger partial charge on any atom is -0.462 e. The van der Waals surface area contributed by atoms with E-state index in [4.69, 9.17) is 14.2 Å². The van der Waals surface area contributed by atoms with Gasteiger partial charge in [0.1, 0.15) is 13.2 Å². The molecule has 0 rings (SSSR count). The molecular weight excluding hydrogens is 805 g/mol. The van der Waals surface area contributed by atoms with Gasteiger partial charge in [-0.2, -0.15) is 0 Å². The van der Waals surface area contributed by atoms with Crippen LogP contribution in [0, 0.1) is 0 Å². The number of unbranched alkanes of at least 4 members (excludes halogenated alkanes) is 18. The highest BCUT2D eigenvalue weighted by Crippen LogP contribution is 2.13. The van der Waals surface area contributed by atoms with Crippen molar-refractivity contribution in [2.24, 2.45) is 0 Å². The third-order valence-electron chi connectivity index (χ3n) is 10.1. The van der Waals surface area contributed by atoms with Gasteiger partial charge in [0.05, 0.1) is 0 Å². The molecule has 65 heavy (non-hydrogen) atoms. The van der Waals surface area contributed by atoms with E-state index in [9.17, 15) is 14.4 Å². The summed E-state index contributed by atoms with van der Waals surface area (Å²) in [4.78, 5) is 37.9. The van der Waals surface area contributed by atoms with Crippen LogP contribution in [0.2, 0.25) is 0 Å². The molecule has 6 heteroatoms. The second kappa shape index (κ2) is 51.9. The highest BCUT2D eigenvalue weighted by molar-refractivity contribution is 5.71. The standard InChI is InChI=1S/C59H90O6/c1-4-7-10-13-16-19-22-24-26-28-30-32-33-35-37-40-43-46-49-52-58(61)64-55-56(54-63-57(60)51-48-45-42-39-21-18-15-12-9-6-3)65-59(62)53-50-47-44-41-38-36-34-31-29-27-25-23-20-17-14-11-8-5-2/h7,10-11,13-14,16-17,19-20,22-35,37,56H,4-6,8-9,12,15,18,21,36,38-55H2,1-3H3/b10-7-,14-11-,16-13-,20-17-,22-19-,25-23-,26-24-,29-27-,30-28+,33-32-,34-31-,37-35-. The van der Waals surface area contributed by atoms with E-state index in [-0.39, 0.29) is 37.5 Å². The van der Waals surface area contributed by atoms with E-state index >= 15 is 0 Å². The first-order valence-electron chi connectivity index (χ1n) is 25.5. The van der Waals surface area contributed by atoms with Crippen molar-refractivity contribution in [1.29, 1.82) is 0 Å². The lowest BCUT2D eigenvalue weighted by Crippen LogP contribution is -2.30. The summed E-state index contributed by atoms with van der Waals surface area (Å²) in [6, 6.07) is 0. The van der Waals surface area contributed by atoms with Crippen LogP contribution in [-0.4, -0.2) is 37.2 Å². The van der Waals surface area contributed by atoms with Gasteiger partial charge in [0.2, 0.25) is 0 Å². The molecule has 6 nitrogen and oxygen atoms in total.